The Balaban J connectivity index is 1.49. The summed E-state index contributed by atoms with van der Waals surface area (Å²) in [5, 5.41) is 2.57. The quantitative estimate of drug-likeness (QED) is 0.292. The summed E-state index contributed by atoms with van der Waals surface area (Å²) in [5.74, 6) is 0. The molecule has 2 heterocycles. The molecule has 0 aliphatic carbocycles. The van der Waals surface area contributed by atoms with Crippen molar-refractivity contribution in [3.05, 3.63) is 90.6 Å². The predicted octanol–water partition coefficient (Wildman–Crippen LogP) is 8.37. The number of fused-ring (bicyclic) bond motifs is 3. The van der Waals surface area contributed by atoms with Gasteiger partial charge in [-0.1, -0.05) is 87.5 Å². The molecule has 3 aromatic carbocycles. The van der Waals surface area contributed by atoms with Crippen LogP contribution < -0.4 is 0 Å². The van der Waals surface area contributed by atoms with Gasteiger partial charge in [0, 0.05) is 40.2 Å². The molecule has 0 bridgehead atoms. The third kappa shape index (κ3) is 3.64. The lowest BCUT2D eigenvalue weighted by Crippen LogP contribution is -2.08. The monoisotopic (exact) mass is 409 g/mol. The van der Waals surface area contributed by atoms with Crippen LogP contribution in [-0.4, -0.2) is 4.98 Å². The predicted molar refractivity (Wildman–Crippen MR) is 131 cm³/mol. The van der Waals surface area contributed by atoms with Gasteiger partial charge in [0.2, 0.25) is 0 Å². The molecule has 0 saturated heterocycles. The van der Waals surface area contributed by atoms with Crippen molar-refractivity contribution < 1.29 is 2.74 Å². The molecule has 0 spiro atoms. The van der Waals surface area contributed by atoms with Crippen molar-refractivity contribution in [3.63, 3.8) is 0 Å². The fraction of sp³-hybridized carbons (Fsp3) is 0.179. The lowest BCUT2D eigenvalue weighted by molar-refractivity contribution is 0.411. The highest BCUT2D eigenvalue weighted by Crippen LogP contribution is 2.39. The van der Waals surface area contributed by atoms with Crippen LogP contribution in [0, 0.1) is 5.41 Å². The Morgan fingerprint density at radius 3 is 2.27 bits per heavy atom. The molecule has 5 rings (SSSR count). The van der Waals surface area contributed by atoms with Gasteiger partial charge in [-0.15, -0.1) is 11.3 Å². The first kappa shape index (κ1) is 16.8. The van der Waals surface area contributed by atoms with Crippen LogP contribution in [0.4, 0.5) is 0 Å². The lowest BCUT2D eigenvalue weighted by Gasteiger charge is -2.18. The fourth-order valence-corrected chi connectivity index (χ4v) is 5.08. The lowest BCUT2D eigenvalue weighted by atomic mass is 9.88. The van der Waals surface area contributed by atoms with E-state index in [1.165, 1.54) is 20.2 Å². The van der Waals surface area contributed by atoms with E-state index in [4.69, 9.17) is 7.73 Å². The van der Waals surface area contributed by atoms with Gasteiger partial charge in [-0.2, -0.15) is 0 Å². The van der Waals surface area contributed by atoms with E-state index in [0.29, 0.717) is 5.56 Å². The summed E-state index contributed by atoms with van der Waals surface area (Å²) in [4.78, 5) is 4.79. The summed E-state index contributed by atoms with van der Waals surface area (Å²) in [7, 11) is 0. The van der Waals surface area contributed by atoms with Crippen LogP contribution in [0.15, 0.2) is 85.1 Å². The van der Waals surface area contributed by atoms with Crippen LogP contribution in [0.25, 0.3) is 42.6 Å². The highest BCUT2D eigenvalue weighted by Gasteiger charge is 2.12. The minimum atomic E-state index is -1.39. The summed E-state index contributed by atoms with van der Waals surface area (Å²) in [5.41, 5.74) is 4.42. The highest BCUT2D eigenvalue weighted by molar-refractivity contribution is 7.26. The van der Waals surface area contributed by atoms with Gasteiger partial charge in [0.05, 0.1) is 5.69 Å². The van der Waals surface area contributed by atoms with Crippen molar-refractivity contribution in [1.82, 2.24) is 4.98 Å². The van der Waals surface area contributed by atoms with Gasteiger partial charge >= 0.3 is 0 Å². The van der Waals surface area contributed by atoms with E-state index in [2.05, 4.69) is 54.6 Å². The fourth-order valence-electron chi connectivity index (χ4n) is 3.85. The van der Waals surface area contributed by atoms with Crippen LogP contribution >= 0.6 is 11.3 Å². The number of benzene rings is 3. The Morgan fingerprint density at radius 2 is 1.53 bits per heavy atom. The molecule has 0 N–H and O–H groups in total. The van der Waals surface area contributed by atoms with Crippen molar-refractivity contribution in [2.24, 2.45) is 5.41 Å². The Hall–Kier alpha value is -2.97. The number of aromatic nitrogens is 1. The second-order valence-corrected chi connectivity index (χ2v) is 9.72. The topological polar surface area (TPSA) is 12.9 Å². The standard InChI is InChI=1S/C28H25NS/c1-28(2,3)17-19-11-13-20(14-12-19)21-15-16-25(29-18-21)24-9-6-8-23-22-7-4-5-10-26(22)30-27(23)24/h4-16,18H,17H2,1-3H3/i17D2. The number of rotatable bonds is 3. The maximum absolute atomic E-state index is 8.48. The SMILES string of the molecule is [2H]C([2H])(c1ccc(-c2ccc(-c3cccc4c3sc3ccccc34)nc2)cc1)C(C)(C)C. The molecule has 2 aromatic heterocycles. The Kier molecular flexibility index (Phi) is 4.13. The summed E-state index contributed by atoms with van der Waals surface area (Å²) >= 11 is 1.81. The van der Waals surface area contributed by atoms with Gasteiger partial charge in [-0.05, 0) is 35.0 Å². The van der Waals surface area contributed by atoms with Crippen molar-refractivity contribution in [1.29, 1.82) is 0 Å². The summed E-state index contributed by atoms with van der Waals surface area (Å²) in [6.07, 6.45) is 0.519. The van der Waals surface area contributed by atoms with Gasteiger partial charge in [0.1, 0.15) is 0 Å². The van der Waals surface area contributed by atoms with Crippen LogP contribution in [0.3, 0.4) is 0 Å². The molecule has 1 nitrogen and oxygen atoms in total. The maximum atomic E-state index is 8.48. The molecule has 2 heteroatoms. The molecule has 148 valence electrons. The minimum Gasteiger partial charge on any atom is -0.256 e. The number of nitrogens with zero attached hydrogens (tertiary/aromatic N) is 1. The summed E-state index contributed by atoms with van der Waals surface area (Å²) in [6.45, 7) is 5.79. The molecule has 0 radical (unpaired) electrons. The van der Waals surface area contributed by atoms with Crippen molar-refractivity contribution in [2.45, 2.75) is 27.1 Å². The van der Waals surface area contributed by atoms with E-state index in [1.54, 1.807) is 0 Å². The Morgan fingerprint density at radius 1 is 0.800 bits per heavy atom. The second kappa shape index (κ2) is 7.37. The van der Waals surface area contributed by atoms with Crippen molar-refractivity contribution in [2.75, 3.05) is 0 Å². The first-order valence-corrected chi connectivity index (χ1v) is 11.0. The average molecular weight is 410 g/mol. The summed E-state index contributed by atoms with van der Waals surface area (Å²) in [6, 6.07) is 26.9. The van der Waals surface area contributed by atoms with Crippen LogP contribution in [0.5, 0.6) is 0 Å². The normalized spacial score (nSPS) is 13.4. The number of hydrogen-bond acceptors (Lipinski definition) is 2. The molecule has 0 saturated carbocycles. The van der Waals surface area contributed by atoms with Gasteiger partial charge in [0.25, 0.3) is 0 Å². The molecule has 0 fully saturated rings. The van der Waals surface area contributed by atoms with Crippen LogP contribution in [-0.2, 0) is 6.37 Å². The first-order chi connectivity index (χ1) is 15.3. The third-order valence-corrected chi connectivity index (χ3v) is 6.40. The highest BCUT2D eigenvalue weighted by atomic mass is 32.1. The Bertz CT molecular complexity index is 1410. The maximum Gasteiger partial charge on any atom is 0.0716 e. The molecule has 30 heavy (non-hydrogen) atoms. The average Bonchev–Trinajstić information content (AvgIpc) is 3.17. The van der Waals surface area contributed by atoms with Gasteiger partial charge in [0.15, 0.2) is 0 Å². The first-order valence-electron chi connectivity index (χ1n) is 11.2. The van der Waals surface area contributed by atoms with E-state index >= 15 is 0 Å². The smallest absolute Gasteiger partial charge is 0.0716 e. The van der Waals surface area contributed by atoms with Crippen LogP contribution in [0.2, 0.25) is 0 Å². The van der Waals surface area contributed by atoms with Crippen molar-refractivity contribution in [3.8, 4) is 22.4 Å². The molecular formula is C28H25NS. The largest absolute Gasteiger partial charge is 0.256 e. The molecule has 0 aliphatic rings. The zero-order valence-electron chi connectivity index (χ0n) is 19.4. The molecule has 0 unspecified atom stereocenters. The zero-order valence-corrected chi connectivity index (χ0v) is 18.3. The Labute approximate surface area is 184 Å². The molecule has 0 aliphatic heterocycles. The van der Waals surface area contributed by atoms with Crippen LogP contribution in [0.1, 0.15) is 29.1 Å². The van der Waals surface area contributed by atoms with Gasteiger partial charge < -0.3 is 0 Å². The number of pyridine rings is 1. The van der Waals surface area contributed by atoms with Gasteiger partial charge in [-0.3, -0.25) is 4.98 Å². The third-order valence-electron chi connectivity index (χ3n) is 5.18. The minimum absolute atomic E-state index is 0.467. The number of hydrogen-bond donors (Lipinski definition) is 0. The second-order valence-electron chi connectivity index (χ2n) is 8.66. The van der Waals surface area contributed by atoms with E-state index in [9.17, 15) is 0 Å². The zero-order chi connectivity index (χ0) is 22.5. The molecular weight excluding hydrogens is 382 g/mol. The van der Waals surface area contributed by atoms with E-state index in [-0.39, 0.29) is 0 Å². The molecule has 0 atom stereocenters. The molecule has 5 aromatic rings. The number of thiophene rings is 1. The van der Waals surface area contributed by atoms with Gasteiger partial charge in [-0.25, -0.2) is 0 Å². The van der Waals surface area contributed by atoms with Crippen molar-refractivity contribution >= 4 is 31.5 Å². The van der Waals surface area contributed by atoms with E-state index in [1.807, 2.05) is 62.6 Å². The van der Waals surface area contributed by atoms with E-state index < -0.39 is 11.8 Å². The molecule has 0 amide bonds. The summed E-state index contributed by atoms with van der Waals surface area (Å²) < 4.78 is 19.5. The van der Waals surface area contributed by atoms with E-state index in [0.717, 1.165) is 22.4 Å².